The molecule has 3 N–H and O–H groups in total. The second kappa shape index (κ2) is 5.36. The first-order valence-corrected chi connectivity index (χ1v) is 3.54. The summed E-state index contributed by atoms with van der Waals surface area (Å²) < 4.78 is 0. The molecule has 0 rings (SSSR count). The van der Waals surface area contributed by atoms with Gasteiger partial charge in [-0.15, -0.1) is 0 Å². The zero-order valence-corrected chi connectivity index (χ0v) is 7.28. The van der Waals surface area contributed by atoms with Crippen molar-refractivity contribution >= 4 is 0 Å². The first-order chi connectivity index (χ1) is 5.57. The molecule has 0 aliphatic heterocycles. The van der Waals surface area contributed by atoms with E-state index in [9.17, 15) is 10.1 Å². The fourth-order valence-corrected chi connectivity index (χ4v) is 0.619. The molecule has 0 aromatic rings. The lowest BCUT2D eigenvalue weighted by Gasteiger charge is -2.15. The first-order valence-electron chi connectivity index (χ1n) is 3.54. The second-order valence-electron chi connectivity index (χ2n) is 2.41. The molecule has 0 atom stereocenters. The molecule has 6 nitrogen and oxygen atoms in total. The van der Waals surface area contributed by atoms with Crippen molar-refractivity contribution in [3.63, 3.8) is 0 Å². The van der Waals surface area contributed by atoms with Gasteiger partial charge in [-0.3, -0.25) is 10.1 Å². The molecule has 70 valence electrons. The predicted molar refractivity (Wildman–Crippen MR) is 45.8 cm³/mol. The van der Waals surface area contributed by atoms with E-state index in [1.807, 2.05) is 0 Å². The maximum atomic E-state index is 10.1. The van der Waals surface area contributed by atoms with Gasteiger partial charge in [0.1, 0.15) is 0 Å². The summed E-state index contributed by atoms with van der Waals surface area (Å²) in [5.74, 6) is 0.449. The van der Waals surface area contributed by atoms with Gasteiger partial charge < -0.3 is 16.0 Å². The Morgan fingerprint density at radius 1 is 1.75 bits per heavy atom. The van der Waals surface area contributed by atoms with Gasteiger partial charge in [0, 0.05) is 27.2 Å². The van der Waals surface area contributed by atoms with Gasteiger partial charge in [-0.05, 0) is 0 Å². The van der Waals surface area contributed by atoms with E-state index in [4.69, 9.17) is 5.73 Å². The molecule has 12 heavy (non-hydrogen) atoms. The molecule has 0 radical (unpaired) electrons. The number of hydrogen-bond donors (Lipinski definition) is 2. The Bertz CT molecular complexity index is 178. The van der Waals surface area contributed by atoms with Gasteiger partial charge in [0.25, 0.3) is 6.20 Å². The van der Waals surface area contributed by atoms with Gasteiger partial charge in [-0.25, -0.2) is 0 Å². The van der Waals surface area contributed by atoms with Gasteiger partial charge in [0.2, 0.25) is 0 Å². The van der Waals surface area contributed by atoms with E-state index in [0.717, 1.165) is 6.20 Å². The Kier molecular flexibility index (Phi) is 4.78. The van der Waals surface area contributed by atoms with Crippen molar-refractivity contribution in [1.82, 2.24) is 10.2 Å². The molecular weight excluding hydrogens is 160 g/mol. The third kappa shape index (κ3) is 4.51. The molecule has 6 heteroatoms. The Hall–Kier alpha value is -1.30. The van der Waals surface area contributed by atoms with Gasteiger partial charge >= 0.3 is 0 Å². The zero-order valence-electron chi connectivity index (χ0n) is 7.28. The lowest BCUT2D eigenvalue weighted by atomic mass is 10.5. The van der Waals surface area contributed by atoms with Crippen LogP contribution in [0.1, 0.15) is 0 Å². The number of nitrogens with one attached hydrogen (secondary N) is 1. The number of hydrogen-bond acceptors (Lipinski definition) is 5. The molecule has 0 aliphatic carbocycles. The normalized spacial score (nSPS) is 11.1. The number of nitrogens with two attached hydrogens (primary N) is 1. The third-order valence-corrected chi connectivity index (χ3v) is 1.16. The molecule has 0 aromatic carbocycles. The molecule has 0 saturated carbocycles. The van der Waals surface area contributed by atoms with Crippen molar-refractivity contribution < 1.29 is 4.92 Å². The molecule has 0 heterocycles. The van der Waals surface area contributed by atoms with Crippen molar-refractivity contribution in [3.8, 4) is 0 Å². The highest BCUT2D eigenvalue weighted by Gasteiger charge is 2.02. The summed E-state index contributed by atoms with van der Waals surface area (Å²) in [5.41, 5.74) is 5.23. The highest BCUT2D eigenvalue weighted by Crippen LogP contribution is 1.92. The summed E-state index contributed by atoms with van der Waals surface area (Å²) in [4.78, 5) is 11.2. The smallest absolute Gasteiger partial charge is 0.274 e. The van der Waals surface area contributed by atoms with Crippen LogP contribution in [0.4, 0.5) is 0 Å². The average molecular weight is 174 g/mol. The Labute approximate surface area is 71.2 Å². The van der Waals surface area contributed by atoms with Crippen LogP contribution < -0.4 is 11.1 Å². The Balaban J connectivity index is 4.13. The first kappa shape index (κ1) is 10.7. The largest absolute Gasteiger partial charge is 0.365 e. The van der Waals surface area contributed by atoms with Crippen LogP contribution in [0, 0.1) is 10.1 Å². The van der Waals surface area contributed by atoms with E-state index in [1.165, 1.54) is 0 Å². The van der Waals surface area contributed by atoms with Crippen molar-refractivity contribution in [2.45, 2.75) is 0 Å². The van der Waals surface area contributed by atoms with Crippen LogP contribution in [0.5, 0.6) is 0 Å². The minimum absolute atomic E-state index is 0.447. The van der Waals surface area contributed by atoms with Crippen LogP contribution in [-0.4, -0.2) is 37.0 Å². The van der Waals surface area contributed by atoms with Gasteiger partial charge in [-0.2, -0.15) is 0 Å². The summed E-state index contributed by atoms with van der Waals surface area (Å²) in [7, 11) is 3.44. The molecule has 0 fully saturated rings. The van der Waals surface area contributed by atoms with Crippen LogP contribution in [0.2, 0.25) is 0 Å². The fraction of sp³-hybridized carbons (Fsp3) is 0.667. The van der Waals surface area contributed by atoms with Crippen LogP contribution in [0.3, 0.4) is 0 Å². The van der Waals surface area contributed by atoms with Crippen LogP contribution in [0.25, 0.3) is 0 Å². The molecule has 0 bridgehead atoms. The van der Waals surface area contributed by atoms with E-state index in [2.05, 4.69) is 5.32 Å². The topological polar surface area (TPSA) is 84.4 Å². The van der Waals surface area contributed by atoms with Crippen molar-refractivity contribution in [3.05, 3.63) is 22.1 Å². The molecule has 0 aliphatic rings. The van der Waals surface area contributed by atoms with Crippen LogP contribution in [-0.2, 0) is 0 Å². The SMILES string of the molecule is CN(C)/C(=C\[N+](=O)[O-])NCCN. The molecule has 0 saturated heterocycles. The lowest BCUT2D eigenvalue weighted by molar-refractivity contribution is -0.404. The minimum Gasteiger partial charge on any atom is -0.365 e. The maximum absolute atomic E-state index is 10.1. The van der Waals surface area contributed by atoms with E-state index < -0.39 is 4.92 Å². The van der Waals surface area contributed by atoms with Crippen LogP contribution >= 0.6 is 0 Å². The minimum atomic E-state index is -0.501. The van der Waals surface area contributed by atoms with Crippen molar-refractivity contribution in [2.24, 2.45) is 5.73 Å². The molecular formula is C6H14N4O2. The van der Waals surface area contributed by atoms with Crippen molar-refractivity contribution in [2.75, 3.05) is 27.2 Å². The molecule has 0 spiro atoms. The fourth-order valence-electron chi connectivity index (χ4n) is 0.619. The molecule has 0 unspecified atom stereocenters. The van der Waals surface area contributed by atoms with E-state index >= 15 is 0 Å². The Morgan fingerprint density at radius 2 is 2.33 bits per heavy atom. The average Bonchev–Trinajstić information content (AvgIpc) is 1.96. The summed E-state index contributed by atoms with van der Waals surface area (Å²) in [6, 6.07) is 0. The summed E-state index contributed by atoms with van der Waals surface area (Å²) in [6.07, 6.45) is 0.912. The summed E-state index contributed by atoms with van der Waals surface area (Å²) >= 11 is 0. The van der Waals surface area contributed by atoms with Gasteiger partial charge in [0.05, 0.1) is 4.92 Å². The third-order valence-electron chi connectivity index (χ3n) is 1.16. The van der Waals surface area contributed by atoms with E-state index in [1.54, 1.807) is 19.0 Å². The summed E-state index contributed by atoms with van der Waals surface area (Å²) in [6.45, 7) is 0.973. The highest BCUT2D eigenvalue weighted by molar-refractivity contribution is 4.91. The van der Waals surface area contributed by atoms with E-state index in [0.29, 0.717) is 18.9 Å². The number of nitro groups is 1. The molecule has 0 amide bonds. The Morgan fingerprint density at radius 3 is 2.67 bits per heavy atom. The highest BCUT2D eigenvalue weighted by atomic mass is 16.6. The van der Waals surface area contributed by atoms with E-state index in [-0.39, 0.29) is 0 Å². The number of rotatable bonds is 5. The second-order valence-corrected chi connectivity index (χ2v) is 2.41. The monoisotopic (exact) mass is 174 g/mol. The zero-order chi connectivity index (χ0) is 9.56. The summed E-state index contributed by atoms with van der Waals surface area (Å²) in [5, 5.41) is 12.9. The molecule has 0 aromatic heterocycles. The predicted octanol–water partition coefficient (Wildman–Crippen LogP) is -0.828. The van der Waals surface area contributed by atoms with Crippen LogP contribution in [0.15, 0.2) is 12.0 Å². The standard InChI is InChI=1S/C6H14N4O2/c1-9(2)6(5-10(11)12)8-4-3-7/h5,8H,3-4,7H2,1-2H3/b6-5-. The quantitative estimate of drug-likeness (QED) is 0.420. The number of nitrogens with zero attached hydrogens (tertiary/aromatic N) is 2. The maximum Gasteiger partial charge on any atom is 0.274 e. The van der Waals surface area contributed by atoms with Gasteiger partial charge in [0.15, 0.2) is 5.82 Å². The van der Waals surface area contributed by atoms with Crippen molar-refractivity contribution in [1.29, 1.82) is 0 Å². The lowest BCUT2D eigenvalue weighted by Crippen LogP contribution is -2.30. The van der Waals surface area contributed by atoms with Gasteiger partial charge in [-0.1, -0.05) is 0 Å².